The summed E-state index contributed by atoms with van der Waals surface area (Å²) >= 11 is 5.91. The third-order valence-electron chi connectivity index (χ3n) is 9.34. The number of carbonyl (C=O) groups is 3. The normalized spacial score (nSPS) is 34.1. The molecule has 2 aromatic carbocycles. The van der Waals surface area contributed by atoms with E-state index in [-0.39, 0.29) is 29.4 Å². The van der Waals surface area contributed by atoms with Gasteiger partial charge in [0.25, 0.3) is 0 Å². The van der Waals surface area contributed by atoms with Gasteiger partial charge in [0.05, 0.1) is 23.0 Å². The third-order valence-corrected chi connectivity index (χ3v) is 9.63. The lowest BCUT2D eigenvalue weighted by Crippen LogP contribution is -2.57. The number of nitrogens with one attached hydrogen (secondary N) is 2. The minimum Gasteiger partial charge on any atom is -0.359 e. The number of fused-ring (bicyclic) bond motifs is 1. The van der Waals surface area contributed by atoms with Crippen LogP contribution in [-0.2, 0) is 25.7 Å². The Labute approximate surface area is 238 Å². The highest BCUT2D eigenvalue weighted by Crippen LogP contribution is 2.55. The van der Waals surface area contributed by atoms with Crippen molar-refractivity contribution in [3.05, 3.63) is 77.1 Å². The van der Waals surface area contributed by atoms with Crippen molar-refractivity contribution in [3.63, 3.8) is 0 Å². The molecule has 2 N–H and O–H groups in total. The van der Waals surface area contributed by atoms with Crippen molar-refractivity contribution in [1.82, 2.24) is 10.2 Å². The molecule has 2 aromatic rings. The molecular weight excluding hydrogens is 533 g/mol. The first kappa shape index (κ1) is 27.0. The number of ether oxygens (including phenoxy) is 1. The van der Waals surface area contributed by atoms with E-state index in [2.05, 4.69) is 24.5 Å². The van der Waals surface area contributed by atoms with E-state index >= 15 is 0 Å². The van der Waals surface area contributed by atoms with E-state index < -0.39 is 41.3 Å². The summed E-state index contributed by atoms with van der Waals surface area (Å²) in [6.45, 7) is 4.59. The minimum absolute atomic E-state index is 0.00489. The van der Waals surface area contributed by atoms with Gasteiger partial charge in [0, 0.05) is 18.3 Å². The van der Waals surface area contributed by atoms with Crippen LogP contribution in [0.1, 0.15) is 38.7 Å². The monoisotopic (exact) mass is 565 g/mol. The lowest BCUT2D eigenvalue weighted by molar-refractivity contribution is -0.142. The van der Waals surface area contributed by atoms with Gasteiger partial charge in [-0.15, -0.1) is 0 Å². The lowest BCUT2D eigenvalue weighted by atomic mass is 9.73. The zero-order valence-corrected chi connectivity index (χ0v) is 23.2. The number of hydrogen-bond donors (Lipinski definition) is 2. The SMILES string of the molecule is CC1CCCC(NC(=O)C2N(Cc3ccccc3)C(=O)[C@@H]3C(C(=O)Nc4ccc(F)c(Cl)c4)[C@@H]4C=CC23O4)C1C. The molecule has 9 heteroatoms. The Morgan fingerprint density at radius 3 is 2.65 bits per heavy atom. The molecule has 40 heavy (non-hydrogen) atoms. The Hall–Kier alpha value is -3.23. The van der Waals surface area contributed by atoms with Gasteiger partial charge in [-0.25, -0.2) is 4.39 Å². The van der Waals surface area contributed by atoms with Crippen LogP contribution in [-0.4, -0.2) is 46.4 Å². The van der Waals surface area contributed by atoms with Gasteiger partial charge in [0.2, 0.25) is 17.7 Å². The summed E-state index contributed by atoms with van der Waals surface area (Å²) in [4.78, 5) is 43.4. The molecule has 0 radical (unpaired) electrons. The van der Waals surface area contributed by atoms with Gasteiger partial charge in [-0.05, 0) is 42.0 Å². The summed E-state index contributed by atoms with van der Waals surface area (Å²) < 4.78 is 20.1. The van der Waals surface area contributed by atoms with Crippen LogP contribution in [0.5, 0.6) is 0 Å². The molecule has 210 valence electrons. The van der Waals surface area contributed by atoms with Crippen molar-refractivity contribution in [1.29, 1.82) is 0 Å². The molecular formula is C31H33ClFN3O4. The van der Waals surface area contributed by atoms with Crippen LogP contribution in [0, 0.1) is 29.5 Å². The number of carbonyl (C=O) groups excluding carboxylic acids is 3. The maximum Gasteiger partial charge on any atom is 0.246 e. The van der Waals surface area contributed by atoms with E-state index in [4.69, 9.17) is 16.3 Å². The van der Waals surface area contributed by atoms with E-state index in [0.717, 1.165) is 24.8 Å². The minimum atomic E-state index is -1.26. The summed E-state index contributed by atoms with van der Waals surface area (Å²) in [5.74, 6) is -2.51. The molecule has 2 bridgehead atoms. The van der Waals surface area contributed by atoms with Crippen LogP contribution in [0.3, 0.4) is 0 Å². The van der Waals surface area contributed by atoms with Gasteiger partial charge >= 0.3 is 0 Å². The summed E-state index contributed by atoms with van der Waals surface area (Å²) in [6, 6.07) is 12.5. The van der Waals surface area contributed by atoms with E-state index in [9.17, 15) is 18.8 Å². The highest BCUT2D eigenvalue weighted by atomic mass is 35.5. The molecule has 4 aliphatic rings. The molecule has 1 aliphatic carbocycles. The maximum atomic E-state index is 14.1. The largest absolute Gasteiger partial charge is 0.359 e. The van der Waals surface area contributed by atoms with Crippen molar-refractivity contribution >= 4 is 35.0 Å². The van der Waals surface area contributed by atoms with Crippen LogP contribution in [0.4, 0.5) is 10.1 Å². The highest BCUT2D eigenvalue weighted by Gasteiger charge is 2.72. The first-order chi connectivity index (χ1) is 19.2. The first-order valence-electron chi connectivity index (χ1n) is 14.0. The van der Waals surface area contributed by atoms with E-state index in [0.29, 0.717) is 17.5 Å². The predicted octanol–water partition coefficient (Wildman–Crippen LogP) is 4.71. The molecule has 6 rings (SSSR count). The quantitative estimate of drug-likeness (QED) is 0.497. The van der Waals surface area contributed by atoms with Gasteiger partial charge in [-0.1, -0.05) is 80.8 Å². The number of halogens is 2. The van der Waals surface area contributed by atoms with Crippen molar-refractivity contribution in [2.45, 2.75) is 63.4 Å². The number of anilines is 1. The molecule has 0 aromatic heterocycles. The molecule has 3 fully saturated rings. The summed E-state index contributed by atoms with van der Waals surface area (Å²) in [5, 5.41) is 5.92. The Morgan fingerprint density at radius 2 is 1.90 bits per heavy atom. The molecule has 2 saturated heterocycles. The molecule has 6 unspecified atom stereocenters. The summed E-state index contributed by atoms with van der Waals surface area (Å²) in [7, 11) is 0. The molecule has 3 heterocycles. The van der Waals surface area contributed by atoms with Crippen LogP contribution in [0.15, 0.2) is 60.7 Å². The highest BCUT2D eigenvalue weighted by molar-refractivity contribution is 6.31. The van der Waals surface area contributed by atoms with E-state index in [1.165, 1.54) is 18.2 Å². The Bertz CT molecular complexity index is 1370. The van der Waals surface area contributed by atoms with Gasteiger partial charge < -0.3 is 20.3 Å². The zero-order valence-electron chi connectivity index (χ0n) is 22.5. The predicted molar refractivity (Wildman–Crippen MR) is 149 cm³/mol. The standard InChI is InChI=1S/C31H33ClFN3O4/c1-17-7-6-10-23(18(17)2)35-29(38)27-31-14-13-24(40-31)25(28(37)34-20-11-12-22(33)21(32)15-20)26(31)30(39)36(27)16-19-8-4-3-5-9-19/h3-5,8-9,11-15,17-18,23-27H,6-7,10,16H2,1-2H3,(H,34,37)(H,35,38)/t17?,18?,23?,24-,25?,26-,27?,31?/m0/s1. The fraction of sp³-hybridized carbons (Fsp3) is 0.452. The second-order valence-electron chi connectivity index (χ2n) is 11.7. The number of amides is 3. The van der Waals surface area contributed by atoms with Crippen molar-refractivity contribution in [2.75, 3.05) is 5.32 Å². The fourth-order valence-corrected chi connectivity index (χ4v) is 7.25. The van der Waals surface area contributed by atoms with Crippen LogP contribution < -0.4 is 10.6 Å². The van der Waals surface area contributed by atoms with E-state index in [1.807, 2.05) is 30.3 Å². The van der Waals surface area contributed by atoms with Crippen molar-refractivity contribution in [3.8, 4) is 0 Å². The third kappa shape index (κ3) is 4.41. The average molecular weight is 566 g/mol. The van der Waals surface area contributed by atoms with Gasteiger partial charge in [-0.2, -0.15) is 0 Å². The van der Waals surface area contributed by atoms with Gasteiger partial charge in [0.1, 0.15) is 17.5 Å². The van der Waals surface area contributed by atoms with Crippen LogP contribution in [0.25, 0.3) is 0 Å². The number of hydrogen-bond acceptors (Lipinski definition) is 4. The molecule has 1 saturated carbocycles. The second kappa shape index (κ2) is 10.3. The fourth-order valence-electron chi connectivity index (χ4n) is 7.06. The molecule has 1 spiro atoms. The molecule has 7 nitrogen and oxygen atoms in total. The molecule has 3 aliphatic heterocycles. The number of likely N-dealkylation sites (tertiary alicyclic amines) is 1. The Kier molecular flexibility index (Phi) is 6.95. The van der Waals surface area contributed by atoms with Crippen molar-refractivity contribution < 1.29 is 23.5 Å². The van der Waals surface area contributed by atoms with E-state index in [1.54, 1.807) is 17.1 Å². The molecule has 8 atom stereocenters. The smallest absolute Gasteiger partial charge is 0.246 e. The number of rotatable bonds is 6. The Morgan fingerprint density at radius 1 is 1.12 bits per heavy atom. The lowest BCUT2D eigenvalue weighted by Gasteiger charge is -2.38. The summed E-state index contributed by atoms with van der Waals surface area (Å²) in [5.41, 5.74) is -0.0595. The zero-order chi connectivity index (χ0) is 28.2. The average Bonchev–Trinajstić information content (AvgIpc) is 3.57. The topological polar surface area (TPSA) is 87.7 Å². The van der Waals surface area contributed by atoms with Crippen LogP contribution >= 0.6 is 11.6 Å². The van der Waals surface area contributed by atoms with Crippen LogP contribution in [0.2, 0.25) is 5.02 Å². The second-order valence-corrected chi connectivity index (χ2v) is 12.1. The summed E-state index contributed by atoms with van der Waals surface area (Å²) in [6.07, 6.45) is 5.98. The maximum absolute atomic E-state index is 14.1. The van der Waals surface area contributed by atoms with Gasteiger partial charge in [-0.3, -0.25) is 14.4 Å². The molecule has 3 amide bonds. The number of nitrogens with zero attached hydrogens (tertiary/aromatic N) is 1. The Balaban J connectivity index is 1.32. The first-order valence-corrected chi connectivity index (χ1v) is 14.4. The number of benzene rings is 2. The van der Waals surface area contributed by atoms with Crippen molar-refractivity contribution in [2.24, 2.45) is 23.7 Å². The van der Waals surface area contributed by atoms with Gasteiger partial charge in [0.15, 0.2) is 0 Å².